The zero-order valence-corrected chi connectivity index (χ0v) is 13.1. The SMILES string of the molecule is CCCCC(CC)COC(=O)C1C=C(C)C(C)=C1C. The minimum absolute atomic E-state index is 0.0800. The number of rotatable bonds is 7. The first-order valence-corrected chi connectivity index (χ1v) is 7.54. The van der Waals surface area contributed by atoms with Gasteiger partial charge in [0.15, 0.2) is 0 Å². The molecule has 0 aliphatic heterocycles. The van der Waals surface area contributed by atoms with E-state index in [0.29, 0.717) is 12.5 Å². The topological polar surface area (TPSA) is 26.3 Å². The molecule has 0 aromatic carbocycles. The first-order chi connectivity index (χ1) is 9.01. The van der Waals surface area contributed by atoms with Crippen LogP contribution in [0.2, 0.25) is 0 Å². The van der Waals surface area contributed by atoms with Gasteiger partial charge in [-0.25, -0.2) is 0 Å². The van der Waals surface area contributed by atoms with E-state index in [1.807, 2.05) is 13.0 Å². The van der Waals surface area contributed by atoms with Crippen LogP contribution in [0.15, 0.2) is 22.8 Å². The van der Waals surface area contributed by atoms with E-state index in [2.05, 4.69) is 27.7 Å². The second-order valence-electron chi connectivity index (χ2n) is 5.68. The summed E-state index contributed by atoms with van der Waals surface area (Å²) in [6.07, 6.45) is 6.70. The summed E-state index contributed by atoms with van der Waals surface area (Å²) in [5.74, 6) is 0.285. The summed E-state index contributed by atoms with van der Waals surface area (Å²) >= 11 is 0. The van der Waals surface area contributed by atoms with E-state index in [-0.39, 0.29) is 11.9 Å². The van der Waals surface area contributed by atoms with Crippen molar-refractivity contribution >= 4 is 5.97 Å². The predicted octanol–water partition coefficient (Wildman–Crippen LogP) is 4.66. The van der Waals surface area contributed by atoms with Gasteiger partial charge in [0.05, 0.1) is 12.5 Å². The molecule has 0 N–H and O–H groups in total. The molecule has 19 heavy (non-hydrogen) atoms. The van der Waals surface area contributed by atoms with E-state index in [4.69, 9.17) is 4.74 Å². The standard InChI is InChI=1S/C17H28O2/c1-6-8-9-15(7-2)11-19-17(18)16-10-12(3)13(4)14(16)5/h10,15-16H,6-9,11H2,1-5H3. The van der Waals surface area contributed by atoms with Crippen molar-refractivity contribution in [3.63, 3.8) is 0 Å². The third-order valence-corrected chi connectivity index (χ3v) is 4.32. The molecule has 0 saturated heterocycles. The number of carbonyl (C=O) groups excluding carboxylic acids is 1. The molecule has 1 rings (SSSR count). The minimum Gasteiger partial charge on any atom is -0.465 e. The predicted molar refractivity (Wildman–Crippen MR) is 79.9 cm³/mol. The quantitative estimate of drug-likeness (QED) is 0.625. The van der Waals surface area contributed by atoms with Crippen LogP contribution in [-0.2, 0) is 9.53 Å². The van der Waals surface area contributed by atoms with Gasteiger partial charge >= 0.3 is 5.97 Å². The molecule has 108 valence electrons. The van der Waals surface area contributed by atoms with Crippen LogP contribution in [0.25, 0.3) is 0 Å². The first-order valence-electron chi connectivity index (χ1n) is 7.54. The molecule has 1 aliphatic carbocycles. The fourth-order valence-corrected chi connectivity index (χ4v) is 2.48. The smallest absolute Gasteiger partial charge is 0.316 e. The van der Waals surface area contributed by atoms with Crippen molar-refractivity contribution in [1.82, 2.24) is 0 Å². The monoisotopic (exact) mass is 264 g/mol. The average Bonchev–Trinajstić information content (AvgIpc) is 2.66. The van der Waals surface area contributed by atoms with Crippen molar-refractivity contribution in [2.45, 2.75) is 60.3 Å². The van der Waals surface area contributed by atoms with Crippen LogP contribution in [0.1, 0.15) is 60.3 Å². The van der Waals surface area contributed by atoms with Crippen LogP contribution in [-0.4, -0.2) is 12.6 Å². The van der Waals surface area contributed by atoms with Crippen molar-refractivity contribution in [2.24, 2.45) is 11.8 Å². The van der Waals surface area contributed by atoms with Crippen LogP contribution in [0.3, 0.4) is 0 Å². The molecule has 0 spiro atoms. The van der Waals surface area contributed by atoms with Crippen LogP contribution >= 0.6 is 0 Å². The number of unbranched alkanes of at least 4 members (excludes halogenated alkanes) is 1. The van der Waals surface area contributed by atoms with E-state index >= 15 is 0 Å². The molecule has 0 fully saturated rings. The molecule has 2 atom stereocenters. The third-order valence-electron chi connectivity index (χ3n) is 4.32. The molecule has 0 bridgehead atoms. The second kappa shape index (κ2) is 7.52. The van der Waals surface area contributed by atoms with Gasteiger partial charge in [0, 0.05) is 0 Å². The highest BCUT2D eigenvalue weighted by molar-refractivity contribution is 5.80. The van der Waals surface area contributed by atoms with Gasteiger partial charge in [-0.2, -0.15) is 0 Å². The highest BCUT2D eigenvalue weighted by atomic mass is 16.5. The third kappa shape index (κ3) is 4.22. The highest BCUT2D eigenvalue weighted by Gasteiger charge is 2.26. The van der Waals surface area contributed by atoms with E-state index in [1.165, 1.54) is 24.0 Å². The normalized spacial score (nSPS) is 20.5. The molecular formula is C17H28O2. The van der Waals surface area contributed by atoms with Gasteiger partial charge < -0.3 is 4.74 Å². The molecule has 2 nitrogen and oxygen atoms in total. The summed E-state index contributed by atoms with van der Waals surface area (Å²) in [6, 6.07) is 0. The average molecular weight is 264 g/mol. The molecule has 0 saturated carbocycles. The Morgan fingerprint density at radius 1 is 1.32 bits per heavy atom. The number of hydrogen-bond acceptors (Lipinski definition) is 2. The summed E-state index contributed by atoms with van der Waals surface area (Å²) < 4.78 is 5.53. The van der Waals surface area contributed by atoms with Gasteiger partial charge in [-0.3, -0.25) is 4.79 Å². The van der Waals surface area contributed by atoms with Crippen molar-refractivity contribution in [2.75, 3.05) is 6.61 Å². The van der Waals surface area contributed by atoms with Gasteiger partial charge in [-0.15, -0.1) is 0 Å². The Morgan fingerprint density at radius 3 is 2.47 bits per heavy atom. The Kier molecular flexibility index (Phi) is 6.33. The Labute approximate surface area is 117 Å². The summed E-state index contributed by atoms with van der Waals surface area (Å²) in [7, 11) is 0. The first kappa shape index (κ1) is 16.0. The molecular weight excluding hydrogens is 236 g/mol. The van der Waals surface area contributed by atoms with E-state index in [1.54, 1.807) is 0 Å². The fourth-order valence-electron chi connectivity index (χ4n) is 2.48. The van der Waals surface area contributed by atoms with Gasteiger partial charge in [0.25, 0.3) is 0 Å². The Bertz CT molecular complexity index is 377. The number of hydrogen-bond donors (Lipinski definition) is 0. The summed E-state index contributed by atoms with van der Waals surface area (Å²) in [5, 5.41) is 0. The van der Waals surface area contributed by atoms with Crippen molar-refractivity contribution in [3.8, 4) is 0 Å². The van der Waals surface area contributed by atoms with Crippen LogP contribution in [0.4, 0.5) is 0 Å². The van der Waals surface area contributed by atoms with Crippen LogP contribution in [0, 0.1) is 11.8 Å². The zero-order chi connectivity index (χ0) is 14.4. The molecule has 2 unspecified atom stereocenters. The van der Waals surface area contributed by atoms with Crippen LogP contribution in [0.5, 0.6) is 0 Å². The number of allylic oxidation sites excluding steroid dienone is 2. The Hall–Kier alpha value is -1.05. The van der Waals surface area contributed by atoms with Gasteiger partial charge in [0.1, 0.15) is 0 Å². The highest BCUT2D eigenvalue weighted by Crippen LogP contribution is 2.31. The van der Waals surface area contributed by atoms with Crippen molar-refractivity contribution in [3.05, 3.63) is 22.8 Å². The lowest BCUT2D eigenvalue weighted by Gasteiger charge is -2.17. The molecule has 0 heterocycles. The Morgan fingerprint density at radius 2 is 2.00 bits per heavy atom. The lowest BCUT2D eigenvalue weighted by molar-refractivity contribution is -0.147. The van der Waals surface area contributed by atoms with Gasteiger partial charge in [-0.05, 0) is 38.7 Å². The maximum absolute atomic E-state index is 12.1. The van der Waals surface area contributed by atoms with Crippen LogP contribution < -0.4 is 0 Å². The van der Waals surface area contributed by atoms with Gasteiger partial charge in [0.2, 0.25) is 0 Å². The van der Waals surface area contributed by atoms with Gasteiger partial charge in [-0.1, -0.05) is 50.3 Å². The molecule has 0 radical (unpaired) electrons. The van der Waals surface area contributed by atoms with E-state index in [9.17, 15) is 4.79 Å². The summed E-state index contributed by atoms with van der Waals surface area (Å²) in [4.78, 5) is 12.1. The lowest BCUT2D eigenvalue weighted by Crippen LogP contribution is -2.20. The lowest BCUT2D eigenvalue weighted by atomic mass is 10.00. The van der Waals surface area contributed by atoms with E-state index < -0.39 is 0 Å². The molecule has 0 amide bonds. The minimum atomic E-state index is -0.149. The maximum Gasteiger partial charge on any atom is 0.316 e. The molecule has 2 heteroatoms. The molecule has 1 aliphatic rings. The summed E-state index contributed by atoms with van der Waals surface area (Å²) in [6.45, 7) is 11.1. The number of ether oxygens (including phenoxy) is 1. The number of carbonyl (C=O) groups is 1. The maximum atomic E-state index is 12.1. The molecule has 0 aromatic heterocycles. The zero-order valence-electron chi connectivity index (χ0n) is 13.1. The van der Waals surface area contributed by atoms with Crippen molar-refractivity contribution in [1.29, 1.82) is 0 Å². The largest absolute Gasteiger partial charge is 0.465 e. The second-order valence-corrected chi connectivity index (χ2v) is 5.68. The van der Waals surface area contributed by atoms with Crippen molar-refractivity contribution < 1.29 is 9.53 Å². The number of esters is 1. The summed E-state index contributed by atoms with van der Waals surface area (Å²) in [5.41, 5.74) is 3.58. The Balaban J connectivity index is 2.48. The van der Waals surface area contributed by atoms with E-state index in [0.717, 1.165) is 18.4 Å². The molecule has 0 aromatic rings. The fraction of sp³-hybridized carbons (Fsp3) is 0.706.